The van der Waals surface area contributed by atoms with Crippen molar-refractivity contribution in [3.8, 4) is 0 Å². The molecule has 1 saturated carbocycles. The van der Waals surface area contributed by atoms with Crippen molar-refractivity contribution in [2.75, 3.05) is 0 Å². The van der Waals surface area contributed by atoms with Crippen LogP contribution < -0.4 is 0 Å². The zero-order valence-corrected chi connectivity index (χ0v) is 15.9. The zero-order chi connectivity index (χ0) is 16.3. The van der Waals surface area contributed by atoms with Crippen LogP contribution in [0.4, 0.5) is 0 Å². The van der Waals surface area contributed by atoms with Crippen LogP contribution in [-0.4, -0.2) is 29.8 Å². The Bertz CT molecular complexity index is 368. The second kappa shape index (κ2) is 8.17. The maximum Gasteiger partial charge on any atom is 0.0818 e. The van der Waals surface area contributed by atoms with Crippen LogP contribution in [-0.2, 0) is 0 Å². The van der Waals surface area contributed by atoms with E-state index in [1.807, 2.05) is 0 Å². The van der Waals surface area contributed by atoms with E-state index in [1.54, 1.807) is 0 Å². The van der Waals surface area contributed by atoms with E-state index >= 15 is 0 Å². The highest BCUT2D eigenvalue weighted by molar-refractivity contribution is 7.80. The summed E-state index contributed by atoms with van der Waals surface area (Å²) in [5, 5.41) is 0. The molecule has 0 aromatic carbocycles. The molecule has 0 spiro atoms. The number of hydrogen-bond donors (Lipinski definition) is 0. The zero-order valence-electron chi connectivity index (χ0n) is 15.1. The first-order chi connectivity index (χ1) is 10.4. The van der Waals surface area contributed by atoms with Gasteiger partial charge in [0, 0.05) is 18.0 Å². The molecule has 0 aromatic heterocycles. The normalized spacial score (nSPS) is 34.3. The molecule has 2 fully saturated rings. The van der Waals surface area contributed by atoms with Crippen molar-refractivity contribution in [3.05, 3.63) is 0 Å². The van der Waals surface area contributed by atoms with Crippen LogP contribution in [0.2, 0.25) is 5.82 Å². The third kappa shape index (κ3) is 4.49. The predicted molar refractivity (Wildman–Crippen MR) is 102 cm³/mol. The smallest absolute Gasteiger partial charge is 0.0818 e. The Labute approximate surface area is 145 Å². The van der Waals surface area contributed by atoms with E-state index in [0.717, 1.165) is 11.8 Å². The summed E-state index contributed by atoms with van der Waals surface area (Å²) in [5.74, 6) is 2.56. The highest BCUT2D eigenvalue weighted by atomic mass is 32.1. The Hall–Kier alpha value is -0.0451. The van der Waals surface area contributed by atoms with Crippen LogP contribution in [0.5, 0.6) is 0 Å². The van der Waals surface area contributed by atoms with Crippen LogP contribution in [0.25, 0.3) is 0 Å². The van der Waals surface area contributed by atoms with Crippen molar-refractivity contribution in [3.63, 3.8) is 0 Å². The second-order valence-corrected chi connectivity index (χ2v) is 8.77. The molecule has 1 aliphatic carbocycles. The Morgan fingerprint density at radius 3 is 2.41 bits per heavy atom. The number of nitrogens with zero attached hydrogens (tertiary/aromatic N) is 1. The lowest BCUT2D eigenvalue weighted by Crippen LogP contribution is -2.53. The molecular weight excluding hydrogens is 285 g/mol. The molecule has 0 N–H and O–H groups in total. The van der Waals surface area contributed by atoms with E-state index < -0.39 is 0 Å². The van der Waals surface area contributed by atoms with Gasteiger partial charge in [-0.15, -0.1) is 0 Å². The number of piperidine rings is 1. The number of likely N-dealkylation sites (tertiary alicyclic amines) is 1. The van der Waals surface area contributed by atoms with Crippen molar-refractivity contribution >= 4 is 25.1 Å². The summed E-state index contributed by atoms with van der Waals surface area (Å²) < 4.78 is 0. The number of hydrogen-bond acceptors (Lipinski definition) is 1. The van der Waals surface area contributed by atoms with Gasteiger partial charge in [0.15, 0.2) is 0 Å². The lowest BCUT2D eigenvalue weighted by molar-refractivity contribution is 0.133. The molecule has 0 bridgehead atoms. The minimum Gasteiger partial charge on any atom is -0.360 e. The SMILES string of the molecule is [B]C1CCCCC2C(=S)N(C(C)C)C(CC(C)C)CC2CC1. The van der Waals surface area contributed by atoms with Crippen molar-refractivity contribution in [2.45, 2.75) is 97.0 Å². The van der Waals surface area contributed by atoms with E-state index in [0.29, 0.717) is 23.8 Å². The van der Waals surface area contributed by atoms with Crippen LogP contribution in [0, 0.1) is 17.8 Å². The fourth-order valence-corrected chi connectivity index (χ4v) is 5.32. The molecule has 2 radical (unpaired) electrons. The van der Waals surface area contributed by atoms with Gasteiger partial charge in [-0.1, -0.05) is 64.0 Å². The molecule has 4 atom stereocenters. The summed E-state index contributed by atoms with van der Waals surface area (Å²) in [7, 11) is 6.28. The quantitative estimate of drug-likeness (QED) is 0.507. The van der Waals surface area contributed by atoms with Gasteiger partial charge in [0.05, 0.1) is 12.8 Å². The molecule has 124 valence electrons. The number of rotatable bonds is 3. The summed E-state index contributed by atoms with van der Waals surface area (Å²) in [6, 6.07) is 1.18. The van der Waals surface area contributed by atoms with E-state index in [4.69, 9.17) is 20.1 Å². The first kappa shape index (κ1) is 18.3. The minimum absolute atomic E-state index is 0.416. The van der Waals surface area contributed by atoms with Gasteiger partial charge in [0.2, 0.25) is 0 Å². The van der Waals surface area contributed by atoms with Gasteiger partial charge in [-0.25, -0.2) is 0 Å². The molecule has 3 heteroatoms. The van der Waals surface area contributed by atoms with Gasteiger partial charge in [-0.2, -0.15) is 0 Å². The van der Waals surface area contributed by atoms with Gasteiger partial charge in [-0.3, -0.25) is 0 Å². The van der Waals surface area contributed by atoms with Crippen LogP contribution >= 0.6 is 12.2 Å². The molecular formula is C19H34BNS. The van der Waals surface area contributed by atoms with E-state index in [9.17, 15) is 0 Å². The molecule has 1 heterocycles. The lowest BCUT2D eigenvalue weighted by atomic mass is 9.73. The Morgan fingerprint density at radius 1 is 1.09 bits per heavy atom. The van der Waals surface area contributed by atoms with Crippen LogP contribution in [0.3, 0.4) is 0 Å². The minimum atomic E-state index is 0.416. The number of thiocarbonyl (C=S) groups is 1. The van der Waals surface area contributed by atoms with Crippen molar-refractivity contribution in [2.24, 2.45) is 17.8 Å². The fraction of sp³-hybridized carbons (Fsp3) is 0.947. The van der Waals surface area contributed by atoms with Gasteiger partial charge < -0.3 is 4.90 Å². The summed E-state index contributed by atoms with van der Waals surface area (Å²) in [6.07, 6.45) is 10.1. The Kier molecular flexibility index (Phi) is 6.80. The average Bonchev–Trinajstić information content (AvgIpc) is 2.49. The third-order valence-corrected chi connectivity index (χ3v) is 6.17. The molecule has 2 aliphatic rings. The molecule has 0 aromatic rings. The van der Waals surface area contributed by atoms with Gasteiger partial charge in [0.25, 0.3) is 0 Å². The Balaban J connectivity index is 2.17. The predicted octanol–water partition coefficient (Wildman–Crippen LogP) is 5.39. The average molecular weight is 319 g/mol. The van der Waals surface area contributed by atoms with Crippen molar-refractivity contribution < 1.29 is 0 Å². The maximum atomic E-state index is 6.28. The van der Waals surface area contributed by atoms with Gasteiger partial charge in [0.1, 0.15) is 0 Å². The summed E-state index contributed by atoms with van der Waals surface area (Å²) in [5.41, 5.74) is 0. The van der Waals surface area contributed by atoms with E-state index in [2.05, 4.69) is 32.6 Å². The third-order valence-electron chi connectivity index (χ3n) is 5.66. The summed E-state index contributed by atoms with van der Waals surface area (Å²) in [4.78, 5) is 3.86. The monoisotopic (exact) mass is 319 g/mol. The van der Waals surface area contributed by atoms with Gasteiger partial charge in [-0.05, 0) is 44.9 Å². The summed E-state index contributed by atoms with van der Waals surface area (Å²) >= 11 is 6.00. The Morgan fingerprint density at radius 2 is 1.77 bits per heavy atom. The number of fused-ring (bicyclic) bond motifs is 1. The standard InChI is InChI=1S/C19H34BNS/c1-13(2)11-17-12-15-9-10-16(20)7-5-6-8-18(15)19(22)21(17)14(3)4/h13-18H,5-12H2,1-4H3. The highest BCUT2D eigenvalue weighted by Gasteiger charge is 2.39. The second-order valence-electron chi connectivity index (χ2n) is 8.35. The highest BCUT2D eigenvalue weighted by Crippen LogP contribution is 2.41. The maximum absolute atomic E-state index is 6.28. The first-order valence-electron chi connectivity index (χ1n) is 9.47. The van der Waals surface area contributed by atoms with Crippen molar-refractivity contribution in [1.82, 2.24) is 4.90 Å². The first-order valence-corrected chi connectivity index (χ1v) is 9.88. The summed E-state index contributed by atoms with van der Waals surface area (Å²) in [6.45, 7) is 9.30. The molecule has 22 heavy (non-hydrogen) atoms. The lowest BCUT2D eigenvalue weighted by Gasteiger charge is -2.49. The van der Waals surface area contributed by atoms with Crippen LogP contribution in [0.15, 0.2) is 0 Å². The van der Waals surface area contributed by atoms with E-state index in [-0.39, 0.29) is 0 Å². The topological polar surface area (TPSA) is 3.24 Å². The molecule has 2 rings (SSSR count). The largest absolute Gasteiger partial charge is 0.360 e. The van der Waals surface area contributed by atoms with Crippen molar-refractivity contribution in [1.29, 1.82) is 0 Å². The fourth-order valence-electron chi connectivity index (χ4n) is 4.65. The molecule has 1 aliphatic heterocycles. The molecule has 1 nitrogen and oxygen atoms in total. The van der Waals surface area contributed by atoms with Gasteiger partial charge >= 0.3 is 0 Å². The van der Waals surface area contributed by atoms with E-state index in [1.165, 1.54) is 56.4 Å². The molecule has 4 unspecified atom stereocenters. The van der Waals surface area contributed by atoms with Crippen LogP contribution in [0.1, 0.15) is 79.1 Å². The molecule has 1 saturated heterocycles. The molecule has 0 amide bonds.